The van der Waals surface area contributed by atoms with E-state index in [0.29, 0.717) is 18.4 Å². The van der Waals surface area contributed by atoms with E-state index in [1.807, 2.05) is 6.07 Å². The summed E-state index contributed by atoms with van der Waals surface area (Å²) in [5.41, 5.74) is 0.777. The van der Waals surface area contributed by atoms with E-state index >= 15 is 0 Å². The second kappa shape index (κ2) is 6.62. The van der Waals surface area contributed by atoms with E-state index in [0.717, 1.165) is 25.0 Å². The van der Waals surface area contributed by atoms with Crippen molar-refractivity contribution < 1.29 is 19.4 Å². The summed E-state index contributed by atoms with van der Waals surface area (Å²) >= 11 is 0. The smallest absolute Gasteiger partial charge is 0.223 e. The van der Waals surface area contributed by atoms with Crippen molar-refractivity contribution in [3.8, 4) is 5.88 Å². The van der Waals surface area contributed by atoms with Crippen LogP contribution < -0.4 is 10.1 Å². The average molecular weight is 306 g/mol. The molecule has 1 saturated carbocycles. The molecule has 1 aliphatic carbocycles. The van der Waals surface area contributed by atoms with E-state index in [2.05, 4.69) is 17.2 Å². The van der Waals surface area contributed by atoms with Crippen LogP contribution in [0.5, 0.6) is 5.88 Å². The molecule has 2 aliphatic rings. The van der Waals surface area contributed by atoms with Crippen LogP contribution in [0.25, 0.3) is 0 Å². The molecule has 0 unspecified atom stereocenters. The molecule has 2 heterocycles. The maximum absolute atomic E-state index is 12.0. The predicted molar refractivity (Wildman–Crippen MR) is 79.3 cm³/mol. The van der Waals surface area contributed by atoms with Gasteiger partial charge in [0.1, 0.15) is 6.10 Å². The number of aliphatic hydroxyl groups is 1. The number of hydrogen-bond donors (Lipinski definition) is 2. The number of carbonyl (C=O) groups excluding carboxylic acids is 1. The molecular weight excluding hydrogens is 284 g/mol. The molecule has 1 amide bonds. The van der Waals surface area contributed by atoms with Crippen molar-refractivity contribution in [2.75, 3.05) is 19.8 Å². The second-order valence-corrected chi connectivity index (χ2v) is 6.10. The molecule has 1 aromatic rings. The number of pyridine rings is 1. The van der Waals surface area contributed by atoms with Crippen LogP contribution in [0, 0.1) is 11.8 Å². The fourth-order valence-electron chi connectivity index (χ4n) is 2.64. The van der Waals surface area contributed by atoms with Gasteiger partial charge in [-0.05, 0) is 24.0 Å². The van der Waals surface area contributed by atoms with E-state index in [9.17, 15) is 9.90 Å². The Morgan fingerprint density at radius 3 is 2.95 bits per heavy atom. The summed E-state index contributed by atoms with van der Waals surface area (Å²) in [5.74, 6) is 1.09. The molecule has 3 rings (SSSR count). The van der Waals surface area contributed by atoms with Gasteiger partial charge in [-0.25, -0.2) is 4.98 Å². The molecule has 6 nitrogen and oxygen atoms in total. The van der Waals surface area contributed by atoms with Crippen LogP contribution in [-0.2, 0) is 9.53 Å². The summed E-state index contributed by atoms with van der Waals surface area (Å²) in [7, 11) is 0. The van der Waals surface area contributed by atoms with Crippen molar-refractivity contribution in [1.82, 2.24) is 10.3 Å². The zero-order valence-electron chi connectivity index (χ0n) is 12.7. The molecule has 1 saturated heterocycles. The van der Waals surface area contributed by atoms with Crippen LogP contribution in [0.3, 0.4) is 0 Å². The Kier molecular flexibility index (Phi) is 4.59. The summed E-state index contributed by atoms with van der Waals surface area (Å²) in [4.78, 5) is 16.2. The van der Waals surface area contributed by atoms with E-state index in [1.54, 1.807) is 12.3 Å². The number of ether oxygens (including phenoxy) is 2. The largest absolute Gasteiger partial charge is 0.472 e. The first kappa shape index (κ1) is 15.2. The van der Waals surface area contributed by atoms with Gasteiger partial charge in [-0.15, -0.1) is 0 Å². The fourth-order valence-corrected chi connectivity index (χ4v) is 2.64. The van der Waals surface area contributed by atoms with Gasteiger partial charge in [0.2, 0.25) is 11.8 Å². The summed E-state index contributed by atoms with van der Waals surface area (Å²) in [6.45, 7) is 3.23. The Balaban J connectivity index is 1.58. The highest BCUT2D eigenvalue weighted by molar-refractivity contribution is 5.81. The predicted octanol–water partition coefficient (Wildman–Crippen LogP) is 1.05. The summed E-state index contributed by atoms with van der Waals surface area (Å²) in [6.07, 6.45) is 3.50. The minimum Gasteiger partial charge on any atom is -0.472 e. The molecule has 0 aromatic carbocycles. The minimum absolute atomic E-state index is 0.00924. The van der Waals surface area contributed by atoms with Gasteiger partial charge in [0.05, 0.1) is 25.9 Å². The zero-order valence-corrected chi connectivity index (χ0v) is 12.7. The Morgan fingerprint density at radius 2 is 2.41 bits per heavy atom. The highest BCUT2D eigenvalue weighted by Crippen LogP contribution is 2.38. The van der Waals surface area contributed by atoms with Crippen molar-refractivity contribution in [2.45, 2.75) is 31.9 Å². The maximum atomic E-state index is 12.0. The van der Waals surface area contributed by atoms with E-state index in [4.69, 9.17) is 9.47 Å². The highest BCUT2D eigenvalue weighted by atomic mass is 16.5. The third-order valence-electron chi connectivity index (χ3n) is 4.28. The lowest BCUT2D eigenvalue weighted by Gasteiger charge is -2.17. The number of aliphatic hydroxyl groups excluding tert-OH is 1. The molecule has 0 bridgehead atoms. The van der Waals surface area contributed by atoms with Crippen molar-refractivity contribution >= 4 is 5.91 Å². The lowest BCUT2D eigenvalue weighted by Crippen LogP contribution is -2.32. The van der Waals surface area contributed by atoms with Gasteiger partial charge in [0, 0.05) is 24.6 Å². The number of amides is 1. The quantitative estimate of drug-likeness (QED) is 0.821. The number of carbonyl (C=O) groups is 1. The van der Waals surface area contributed by atoms with Crippen molar-refractivity contribution in [3.63, 3.8) is 0 Å². The third kappa shape index (κ3) is 3.56. The van der Waals surface area contributed by atoms with Crippen LogP contribution in [0.2, 0.25) is 0 Å². The first-order valence-electron chi connectivity index (χ1n) is 7.79. The van der Waals surface area contributed by atoms with Gasteiger partial charge in [0.15, 0.2) is 0 Å². The van der Waals surface area contributed by atoms with Crippen molar-refractivity contribution in [3.05, 3.63) is 23.9 Å². The molecule has 0 spiro atoms. The van der Waals surface area contributed by atoms with Crippen LogP contribution in [0.15, 0.2) is 18.3 Å². The molecule has 0 radical (unpaired) electrons. The Bertz CT molecular complexity index is 513. The van der Waals surface area contributed by atoms with Crippen LogP contribution >= 0.6 is 0 Å². The van der Waals surface area contributed by atoms with Gasteiger partial charge in [0.25, 0.3) is 0 Å². The molecule has 4 atom stereocenters. The van der Waals surface area contributed by atoms with Gasteiger partial charge in [-0.2, -0.15) is 0 Å². The fraction of sp³-hybridized carbons (Fsp3) is 0.625. The van der Waals surface area contributed by atoms with Crippen molar-refractivity contribution in [2.24, 2.45) is 11.8 Å². The molecule has 22 heavy (non-hydrogen) atoms. The monoisotopic (exact) mass is 306 g/mol. The first-order valence-corrected chi connectivity index (χ1v) is 7.79. The first-order chi connectivity index (χ1) is 10.7. The number of nitrogens with one attached hydrogen (secondary N) is 1. The molecule has 2 N–H and O–H groups in total. The second-order valence-electron chi connectivity index (χ2n) is 6.10. The average Bonchev–Trinajstić information content (AvgIpc) is 3.05. The Labute approximate surface area is 129 Å². The SMILES string of the molecule is C[C@H]1C[C@@H]1C(=O)N[C@@H](CO)c1ccc(O[C@H]2CCOC2)nc1. The molecule has 6 heteroatoms. The topological polar surface area (TPSA) is 80.7 Å². The standard InChI is InChI=1S/C16H22N2O4/c1-10-6-13(10)16(20)18-14(8-19)11-2-3-15(17-7-11)22-12-4-5-21-9-12/h2-3,7,10,12-14,19H,4-6,8-9H2,1H3,(H,18,20)/t10-,12-,13-,14-/m0/s1. The number of hydrogen-bond acceptors (Lipinski definition) is 5. The molecular formula is C16H22N2O4. The van der Waals surface area contributed by atoms with Gasteiger partial charge in [-0.1, -0.05) is 6.92 Å². The highest BCUT2D eigenvalue weighted by Gasteiger charge is 2.39. The number of rotatable bonds is 6. The number of nitrogens with zero attached hydrogens (tertiary/aromatic N) is 1. The molecule has 120 valence electrons. The van der Waals surface area contributed by atoms with E-state index in [-0.39, 0.29) is 24.5 Å². The van der Waals surface area contributed by atoms with Crippen LogP contribution in [0.4, 0.5) is 0 Å². The van der Waals surface area contributed by atoms with Gasteiger partial charge < -0.3 is 19.9 Å². The third-order valence-corrected chi connectivity index (χ3v) is 4.28. The summed E-state index contributed by atoms with van der Waals surface area (Å²) in [5, 5.41) is 12.4. The Morgan fingerprint density at radius 1 is 1.59 bits per heavy atom. The zero-order chi connectivity index (χ0) is 15.5. The summed E-state index contributed by atoms with van der Waals surface area (Å²) in [6, 6.07) is 3.18. The lowest BCUT2D eigenvalue weighted by molar-refractivity contribution is -0.123. The lowest BCUT2D eigenvalue weighted by atomic mass is 10.1. The van der Waals surface area contributed by atoms with Crippen molar-refractivity contribution in [1.29, 1.82) is 0 Å². The molecule has 1 aromatic heterocycles. The molecule has 2 fully saturated rings. The van der Waals surface area contributed by atoms with E-state index < -0.39 is 6.04 Å². The van der Waals surface area contributed by atoms with Gasteiger partial charge >= 0.3 is 0 Å². The Hall–Kier alpha value is -1.66. The minimum atomic E-state index is -0.420. The van der Waals surface area contributed by atoms with Crippen LogP contribution in [-0.4, -0.2) is 41.9 Å². The summed E-state index contributed by atoms with van der Waals surface area (Å²) < 4.78 is 11.0. The van der Waals surface area contributed by atoms with Gasteiger partial charge in [-0.3, -0.25) is 4.79 Å². The maximum Gasteiger partial charge on any atom is 0.223 e. The van der Waals surface area contributed by atoms with E-state index in [1.165, 1.54) is 0 Å². The number of aromatic nitrogens is 1. The normalized spacial score (nSPS) is 28.2. The van der Waals surface area contributed by atoms with Crippen LogP contribution in [0.1, 0.15) is 31.4 Å². The molecule has 1 aliphatic heterocycles.